The second kappa shape index (κ2) is 6.21. The average molecular weight is 341 g/mol. The lowest BCUT2D eigenvalue weighted by atomic mass is 10.2. The van der Waals surface area contributed by atoms with E-state index in [1.54, 1.807) is 19.0 Å². The maximum atomic E-state index is 11.5. The number of carbonyl (C=O) groups is 1. The smallest absolute Gasteiger partial charge is 0.232 e. The van der Waals surface area contributed by atoms with Gasteiger partial charge in [-0.2, -0.15) is 0 Å². The van der Waals surface area contributed by atoms with Gasteiger partial charge in [-0.15, -0.1) is 5.10 Å². The molecule has 0 radical (unpaired) electrons. The Morgan fingerprint density at radius 1 is 1.42 bits per heavy atom. The van der Waals surface area contributed by atoms with Gasteiger partial charge in [0.1, 0.15) is 0 Å². The molecule has 1 aromatic carbocycles. The topological polar surface area (TPSA) is 61.9 Å². The number of halogens is 1. The van der Waals surface area contributed by atoms with Crippen LogP contribution in [0.25, 0.3) is 11.4 Å². The van der Waals surface area contributed by atoms with E-state index in [2.05, 4.69) is 31.1 Å². The molecule has 0 aliphatic rings. The third-order valence-electron chi connectivity index (χ3n) is 2.42. The Labute approximate surface area is 123 Å². The molecule has 0 fully saturated rings. The molecule has 100 valence electrons. The fraction of sp³-hybridized carbons (Fsp3) is 0.250. The van der Waals surface area contributed by atoms with E-state index in [0.29, 0.717) is 16.7 Å². The predicted octanol–water partition coefficient (Wildman–Crippen LogP) is 2.41. The molecule has 0 saturated carbocycles. The van der Waals surface area contributed by atoms with Crippen LogP contribution in [-0.4, -0.2) is 45.8 Å². The highest BCUT2D eigenvalue weighted by molar-refractivity contribution is 9.10. The normalized spacial score (nSPS) is 10.5. The number of rotatable bonds is 4. The van der Waals surface area contributed by atoms with Crippen LogP contribution < -0.4 is 0 Å². The van der Waals surface area contributed by atoms with Gasteiger partial charge in [0, 0.05) is 24.1 Å². The maximum Gasteiger partial charge on any atom is 0.232 e. The predicted molar refractivity (Wildman–Crippen MR) is 78.9 cm³/mol. The Morgan fingerprint density at radius 2 is 2.16 bits per heavy atom. The van der Waals surface area contributed by atoms with Crippen molar-refractivity contribution >= 4 is 33.6 Å². The molecule has 0 saturated heterocycles. The van der Waals surface area contributed by atoms with E-state index in [0.717, 1.165) is 10.0 Å². The Bertz CT molecular complexity index is 585. The molecule has 1 amide bonds. The molecular weight excluding hydrogens is 328 g/mol. The summed E-state index contributed by atoms with van der Waals surface area (Å²) in [4.78, 5) is 17.4. The van der Waals surface area contributed by atoms with Gasteiger partial charge < -0.3 is 4.90 Å². The number of thioether (sulfide) groups is 1. The van der Waals surface area contributed by atoms with Crippen molar-refractivity contribution < 1.29 is 4.79 Å². The Balaban J connectivity index is 2.08. The molecular formula is C12H13BrN4OS. The van der Waals surface area contributed by atoms with Crippen molar-refractivity contribution in [1.82, 2.24) is 20.1 Å². The van der Waals surface area contributed by atoms with Gasteiger partial charge in [0.25, 0.3) is 0 Å². The van der Waals surface area contributed by atoms with Crippen molar-refractivity contribution in [3.05, 3.63) is 28.7 Å². The Hall–Kier alpha value is -1.34. The summed E-state index contributed by atoms with van der Waals surface area (Å²) in [5.41, 5.74) is 0.945. The molecule has 0 spiro atoms. The van der Waals surface area contributed by atoms with Crippen LogP contribution in [0.3, 0.4) is 0 Å². The van der Waals surface area contributed by atoms with Crippen molar-refractivity contribution in [1.29, 1.82) is 0 Å². The number of amides is 1. The van der Waals surface area contributed by atoms with Gasteiger partial charge in [-0.05, 0) is 6.07 Å². The summed E-state index contributed by atoms with van der Waals surface area (Å²) in [6.07, 6.45) is 0. The molecule has 0 bridgehead atoms. The number of aromatic nitrogens is 3. The Kier molecular flexibility index (Phi) is 4.60. The summed E-state index contributed by atoms with van der Waals surface area (Å²) in [6.45, 7) is 0. The van der Waals surface area contributed by atoms with Crippen LogP contribution in [-0.2, 0) is 4.79 Å². The number of nitrogens with zero attached hydrogens (tertiary/aromatic N) is 3. The van der Waals surface area contributed by atoms with Crippen molar-refractivity contribution in [2.24, 2.45) is 0 Å². The molecule has 0 aliphatic carbocycles. The molecule has 1 aromatic heterocycles. The van der Waals surface area contributed by atoms with E-state index >= 15 is 0 Å². The van der Waals surface area contributed by atoms with Crippen LogP contribution in [0.15, 0.2) is 33.9 Å². The minimum atomic E-state index is 0.0391. The molecule has 2 rings (SSSR count). The summed E-state index contributed by atoms with van der Waals surface area (Å²) in [7, 11) is 3.46. The molecule has 7 heteroatoms. The second-order valence-electron chi connectivity index (χ2n) is 4.02. The quantitative estimate of drug-likeness (QED) is 0.868. The lowest BCUT2D eigenvalue weighted by Crippen LogP contribution is -2.23. The van der Waals surface area contributed by atoms with Crippen LogP contribution in [0.1, 0.15) is 0 Å². The van der Waals surface area contributed by atoms with Crippen LogP contribution in [0.5, 0.6) is 0 Å². The zero-order chi connectivity index (χ0) is 13.8. The average Bonchev–Trinajstić information content (AvgIpc) is 2.85. The van der Waals surface area contributed by atoms with Crippen LogP contribution in [0.2, 0.25) is 0 Å². The van der Waals surface area contributed by atoms with Gasteiger partial charge in [0.2, 0.25) is 11.1 Å². The minimum Gasteiger partial charge on any atom is -0.348 e. The lowest BCUT2D eigenvalue weighted by Gasteiger charge is -2.07. The van der Waals surface area contributed by atoms with Crippen LogP contribution in [0, 0.1) is 0 Å². The number of carbonyl (C=O) groups excluding carboxylic acids is 1. The number of hydrogen-bond donors (Lipinski definition) is 1. The zero-order valence-electron chi connectivity index (χ0n) is 10.6. The van der Waals surface area contributed by atoms with Crippen LogP contribution in [0.4, 0.5) is 0 Å². The summed E-state index contributed by atoms with van der Waals surface area (Å²) in [5.74, 6) is 1.06. The maximum absolute atomic E-state index is 11.5. The fourth-order valence-electron chi connectivity index (χ4n) is 1.34. The fourth-order valence-corrected chi connectivity index (χ4v) is 2.59. The van der Waals surface area contributed by atoms with Gasteiger partial charge >= 0.3 is 0 Å². The van der Waals surface area contributed by atoms with Gasteiger partial charge in [-0.25, -0.2) is 4.98 Å². The molecule has 19 heavy (non-hydrogen) atoms. The first-order valence-corrected chi connectivity index (χ1v) is 7.36. The summed E-state index contributed by atoms with van der Waals surface area (Å²) < 4.78 is 0.951. The second-order valence-corrected chi connectivity index (χ2v) is 5.82. The zero-order valence-corrected chi connectivity index (χ0v) is 13.0. The third-order valence-corrected chi connectivity index (χ3v) is 3.94. The van der Waals surface area contributed by atoms with Gasteiger partial charge in [-0.1, -0.05) is 45.9 Å². The van der Waals surface area contributed by atoms with Crippen molar-refractivity contribution in [2.75, 3.05) is 19.8 Å². The third kappa shape index (κ3) is 3.57. The van der Waals surface area contributed by atoms with Crippen molar-refractivity contribution in [3.8, 4) is 11.4 Å². The van der Waals surface area contributed by atoms with Crippen LogP contribution >= 0.6 is 27.7 Å². The van der Waals surface area contributed by atoms with E-state index in [-0.39, 0.29) is 5.91 Å². The first-order valence-electron chi connectivity index (χ1n) is 5.58. The molecule has 0 atom stereocenters. The van der Waals surface area contributed by atoms with E-state index in [9.17, 15) is 4.79 Å². The number of nitrogens with one attached hydrogen (secondary N) is 1. The number of H-pyrrole nitrogens is 1. The van der Waals surface area contributed by atoms with E-state index in [1.165, 1.54) is 11.8 Å². The molecule has 5 nitrogen and oxygen atoms in total. The molecule has 0 unspecified atom stereocenters. The van der Waals surface area contributed by atoms with Gasteiger partial charge in [0.05, 0.1) is 5.75 Å². The van der Waals surface area contributed by atoms with E-state index in [4.69, 9.17) is 0 Å². The first-order chi connectivity index (χ1) is 9.08. The highest BCUT2D eigenvalue weighted by Crippen LogP contribution is 2.26. The standard InChI is InChI=1S/C12H13BrN4OS/c1-17(2)10(18)7-19-12-14-11(15-16-12)8-5-3-4-6-9(8)13/h3-6H,7H2,1-2H3,(H,14,15,16). The summed E-state index contributed by atoms with van der Waals surface area (Å²) in [5, 5.41) is 7.55. The minimum absolute atomic E-state index is 0.0391. The largest absolute Gasteiger partial charge is 0.348 e. The van der Waals surface area contributed by atoms with E-state index < -0.39 is 0 Å². The highest BCUT2D eigenvalue weighted by atomic mass is 79.9. The van der Waals surface area contributed by atoms with Crippen molar-refractivity contribution in [3.63, 3.8) is 0 Å². The lowest BCUT2D eigenvalue weighted by molar-refractivity contribution is -0.125. The molecule has 0 aliphatic heterocycles. The summed E-state index contributed by atoms with van der Waals surface area (Å²) >= 11 is 4.79. The van der Waals surface area contributed by atoms with Crippen molar-refractivity contribution in [2.45, 2.75) is 5.16 Å². The molecule has 1 heterocycles. The Morgan fingerprint density at radius 3 is 2.84 bits per heavy atom. The van der Waals surface area contributed by atoms with Gasteiger partial charge in [-0.3, -0.25) is 9.89 Å². The number of hydrogen-bond acceptors (Lipinski definition) is 4. The first kappa shape index (κ1) is 14.1. The SMILES string of the molecule is CN(C)C(=O)CSc1n[nH]c(-c2ccccc2Br)n1. The number of benzene rings is 1. The molecule has 1 N–H and O–H groups in total. The highest BCUT2D eigenvalue weighted by Gasteiger charge is 2.11. The van der Waals surface area contributed by atoms with E-state index in [1.807, 2.05) is 24.3 Å². The van der Waals surface area contributed by atoms with Gasteiger partial charge in [0.15, 0.2) is 5.82 Å². The number of aromatic amines is 1. The monoisotopic (exact) mass is 340 g/mol. The molecule has 2 aromatic rings. The summed E-state index contributed by atoms with van der Waals surface area (Å²) in [6, 6.07) is 7.77.